The maximum absolute atomic E-state index is 12.9. The molecule has 8 heteroatoms. The van der Waals surface area contributed by atoms with E-state index < -0.39 is 0 Å². The van der Waals surface area contributed by atoms with Gasteiger partial charge in [-0.1, -0.05) is 74.5 Å². The molecule has 0 aliphatic rings. The van der Waals surface area contributed by atoms with E-state index in [1.165, 1.54) is 4.68 Å². The summed E-state index contributed by atoms with van der Waals surface area (Å²) >= 11 is 0. The van der Waals surface area contributed by atoms with Gasteiger partial charge in [0.15, 0.2) is 0 Å². The van der Waals surface area contributed by atoms with Gasteiger partial charge in [0.2, 0.25) is 5.82 Å². The molecule has 0 unspecified atom stereocenters. The quantitative estimate of drug-likeness (QED) is 0.465. The molecule has 0 fully saturated rings. The minimum absolute atomic E-state index is 0.0895. The first-order valence-electron chi connectivity index (χ1n) is 10.3. The Hall–Kier alpha value is -3.81. The van der Waals surface area contributed by atoms with Crippen molar-refractivity contribution < 1.29 is 0 Å². The zero-order valence-corrected chi connectivity index (χ0v) is 17.9. The van der Waals surface area contributed by atoms with E-state index in [1.54, 1.807) is 4.57 Å². The van der Waals surface area contributed by atoms with Crippen LogP contribution in [0.3, 0.4) is 0 Å². The molecular formula is C23H25N7O. The van der Waals surface area contributed by atoms with Crippen molar-refractivity contribution in [2.45, 2.75) is 39.8 Å². The normalized spacial score (nSPS) is 11.6. The van der Waals surface area contributed by atoms with Crippen molar-refractivity contribution in [2.75, 3.05) is 0 Å². The molecule has 0 aliphatic carbocycles. The van der Waals surface area contributed by atoms with E-state index in [0.29, 0.717) is 18.9 Å². The van der Waals surface area contributed by atoms with Crippen molar-refractivity contribution in [3.05, 3.63) is 82.6 Å². The molecule has 2 aromatic carbocycles. The summed E-state index contributed by atoms with van der Waals surface area (Å²) in [5.74, 6) is 1.50. The number of aromatic amines is 1. The van der Waals surface area contributed by atoms with Crippen LogP contribution in [-0.2, 0) is 13.1 Å². The Bertz CT molecular complexity index is 1230. The molecule has 4 aromatic rings. The van der Waals surface area contributed by atoms with Crippen molar-refractivity contribution in [1.82, 2.24) is 35.0 Å². The van der Waals surface area contributed by atoms with Crippen LogP contribution in [0.1, 0.15) is 38.1 Å². The molecule has 0 aliphatic heterocycles. The average Bonchev–Trinajstić information content (AvgIpc) is 3.42. The second kappa shape index (κ2) is 8.91. The second-order valence-corrected chi connectivity index (χ2v) is 7.61. The number of nitrogens with one attached hydrogen (secondary N) is 1. The Morgan fingerprint density at radius 3 is 2.45 bits per heavy atom. The van der Waals surface area contributed by atoms with E-state index in [9.17, 15) is 4.79 Å². The third-order valence-corrected chi connectivity index (χ3v) is 5.10. The molecule has 31 heavy (non-hydrogen) atoms. The van der Waals surface area contributed by atoms with Crippen LogP contribution >= 0.6 is 0 Å². The number of hydrogen-bond acceptors (Lipinski definition) is 5. The molecule has 8 nitrogen and oxygen atoms in total. The summed E-state index contributed by atoms with van der Waals surface area (Å²) in [6, 6.07) is 16.1. The summed E-state index contributed by atoms with van der Waals surface area (Å²) in [7, 11) is 0. The Kier molecular flexibility index (Phi) is 5.88. The largest absolute Gasteiger partial charge is 0.346 e. The zero-order valence-electron chi connectivity index (χ0n) is 17.9. The van der Waals surface area contributed by atoms with Crippen LogP contribution in [0.4, 0.5) is 0 Å². The smallest absolute Gasteiger partial charge is 0.274 e. The lowest BCUT2D eigenvalue weighted by Crippen LogP contribution is -2.25. The molecule has 0 spiro atoms. The maximum atomic E-state index is 12.9. The van der Waals surface area contributed by atoms with Crippen LogP contribution in [0.15, 0.2) is 65.5 Å². The Morgan fingerprint density at radius 1 is 1.06 bits per heavy atom. The number of aromatic nitrogens is 7. The van der Waals surface area contributed by atoms with Gasteiger partial charge in [-0.2, -0.15) is 10.3 Å². The Labute approximate surface area is 180 Å². The molecule has 0 amide bonds. The summed E-state index contributed by atoms with van der Waals surface area (Å²) < 4.78 is 3.28. The molecule has 2 heterocycles. The van der Waals surface area contributed by atoms with Gasteiger partial charge in [-0.15, -0.1) is 10.2 Å². The van der Waals surface area contributed by atoms with Gasteiger partial charge in [-0.3, -0.25) is 4.57 Å². The van der Waals surface area contributed by atoms with Gasteiger partial charge in [-0.25, -0.2) is 9.48 Å². The van der Waals surface area contributed by atoms with E-state index in [4.69, 9.17) is 0 Å². The number of rotatable bonds is 7. The van der Waals surface area contributed by atoms with Crippen LogP contribution in [0.25, 0.3) is 22.5 Å². The number of H-pyrrole nitrogens is 1. The molecule has 4 rings (SSSR count). The van der Waals surface area contributed by atoms with Crippen molar-refractivity contribution in [3.8, 4) is 22.5 Å². The highest BCUT2D eigenvalue weighted by atomic mass is 16.2. The summed E-state index contributed by atoms with van der Waals surface area (Å²) in [6.45, 7) is 7.00. The Morgan fingerprint density at radius 2 is 1.81 bits per heavy atom. The van der Waals surface area contributed by atoms with E-state index >= 15 is 0 Å². The topological polar surface area (TPSA) is 94.3 Å². The fourth-order valence-electron chi connectivity index (χ4n) is 3.54. The van der Waals surface area contributed by atoms with Gasteiger partial charge in [0.25, 0.3) is 0 Å². The SMILES string of the molecule is C/C=C/Cn1nc(C(C)C)n(Cc2ccc(-c3ccccc3-c3nn[nH]n3)cc2)c1=O. The number of nitrogens with zero attached hydrogens (tertiary/aromatic N) is 6. The number of hydrogen-bond donors (Lipinski definition) is 1. The van der Waals surface area contributed by atoms with Crippen LogP contribution in [0, 0.1) is 0 Å². The van der Waals surface area contributed by atoms with E-state index in [-0.39, 0.29) is 11.6 Å². The molecule has 0 atom stereocenters. The van der Waals surface area contributed by atoms with Crippen molar-refractivity contribution in [1.29, 1.82) is 0 Å². The highest BCUT2D eigenvalue weighted by Gasteiger charge is 2.16. The summed E-state index contributed by atoms with van der Waals surface area (Å²) in [5, 5.41) is 18.9. The van der Waals surface area contributed by atoms with E-state index in [2.05, 4.69) is 51.7 Å². The Balaban J connectivity index is 1.64. The van der Waals surface area contributed by atoms with Gasteiger partial charge in [0.1, 0.15) is 5.82 Å². The van der Waals surface area contributed by atoms with Crippen LogP contribution in [0.5, 0.6) is 0 Å². The second-order valence-electron chi connectivity index (χ2n) is 7.61. The van der Waals surface area contributed by atoms with Crippen molar-refractivity contribution in [3.63, 3.8) is 0 Å². The van der Waals surface area contributed by atoms with E-state index in [0.717, 1.165) is 28.1 Å². The number of tetrazole rings is 1. The molecule has 158 valence electrons. The molecule has 0 saturated carbocycles. The van der Waals surface area contributed by atoms with Gasteiger partial charge >= 0.3 is 5.69 Å². The fourth-order valence-corrected chi connectivity index (χ4v) is 3.54. The zero-order chi connectivity index (χ0) is 21.8. The molecular weight excluding hydrogens is 390 g/mol. The highest BCUT2D eigenvalue weighted by molar-refractivity contribution is 5.80. The lowest BCUT2D eigenvalue weighted by molar-refractivity contribution is 0.647. The van der Waals surface area contributed by atoms with Gasteiger partial charge < -0.3 is 0 Å². The monoisotopic (exact) mass is 415 g/mol. The average molecular weight is 416 g/mol. The lowest BCUT2D eigenvalue weighted by Gasteiger charge is -2.10. The van der Waals surface area contributed by atoms with Gasteiger partial charge in [-0.05, 0) is 28.8 Å². The predicted molar refractivity (Wildman–Crippen MR) is 120 cm³/mol. The summed E-state index contributed by atoms with van der Waals surface area (Å²) in [5.41, 5.74) is 3.93. The minimum atomic E-state index is -0.0895. The molecule has 0 radical (unpaired) electrons. The van der Waals surface area contributed by atoms with Gasteiger partial charge in [0.05, 0.1) is 13.1 Å². The third-order valence-electron chi connectivity index (χ3n) is 5.10. The summed E-state index contributed by atoms with van der Waals surface area (Å²) in [4.78, 5) is 12.9. The van der Waals surface area contributed by atoms with Gasteiger partial charge in [0, 0.05) is 11.5 Å². The van der Waals surface area contributed by atoms with Crippen molar-refractivity contribution >= 4 is 0 Å². The van der Waals surface area contributed by atoms with E-state index in [1.807, 2.05) is 55.5 Å². The first kappa shape index (κ1) is 20.5. The first-order chi connectivity index (χ1) is 15.1. The van der Waals surface area contributed by atoms with Crippen molar-refractivity contribution in [2.24, 2.45) is 0 Å². The predicted octanol–water partition coefficient (Wildman–Crippen LogP) is 3.64. The minimum Gasteiger partial charge on any atom is -0.274 e. The fraction of sp³-hybridized carbons (Fsp3) is 0.261. The standard InChI is InChI=1S/C23H25N7O/c1-4-5-14-30-23(31)29(22(26-30)16(2)3)15-17-10-12-18(13-11-17)19-8-6-7-9-20(19)21-24-27-28-25-21/h4-13,16H,14-15H2,1-3H3,(H,24,25,27,28)/b5-4+. The first-order valence-corrected chi connectivity index (χ1v) is 10.3. The number of allylic oxidation sites excluding steroid dienone is 2. The lowest BCUT2D eigenvalue weighted by atomic mass is 9.98. The van der Waals surface area contributed by atoms with Crippen LogP contribution in [0.2, 0.25) is 0 Å². The molecule has 2 aromatic heterocycles. The molecule has 1 N–H and O–H groups in total. The summed E-state index contributed by atoms with van der Waals surface area (Å²) in [6.07, 6.45) is 3.85. The van der Waals surface area contributed by atoms with Crippen LogP contribution < -0.4 is 5.69 Å². The highest BCUT2D eigenvalue weighted by Crippen LogP contribution is 2.29. The third kappa shape index (κ3) is 4.23. The molecule has 0 saturated heterocycles. The van der Waals surface area contributed by atoms with Crippen LogP contribution in [-0.4, -0.2) is 35.0 Å². The maximum Gasteiger partial charge on any atom is 0.346 e. The molecule has 0 bridgehead atoms. The number of benzene rings is 2.